The molecule has 1 N–H and O–H groups in total. The van der Waals surface area contributed by atoms with Gasteiger partial charge in [-0.1, -0.05) is 100 Å². The van der Waals surface area contributed by atoms with Crippen molar-refractivity contribution < 1.29 is 19.2 Å². The summed E-state index contributed by atoms with van der Waals surface area (Å²) < 4.78 is 10.2. The van der Waals surface area contributed by atoms with Crippen molar-refractivity contribution in [2.45, 2.75) is 77.0 Å². The van der Waals surface area contributed by atoms with Gasteiger partial charge < -0.3 is 9.84 Å². The first-order valence-corrected chi connectivity index (χ1v) is 13.1. The van der Waals surface area contributed by atoms with E-state index in [1.165, 1.54) is 11.4 Å². The number of benzene rings is 2. The van der Waals surface area contributed by atoms with Crippen LogP contribution in [0.2, 0.25) is 0 Å². The van der Waals surface area contributed by atoms with Gasteiger partial charge in [0.2, 0.25) is 0 Å². The summed E-state index contributed by atoms with van der Waals surface area (Å²) in [5.41, 5.74) is 0.289. The Kier molecular flexibility index (Phi) is 8.40. The molecule has 1 saturated carbocycles. The van der Waals surface area contributed by atoms with Crippen LogP contribution in [0.1, 0.15) is 75.2 Å². The molecule has 0 spiro atoms. The van der Waals surface area contributed by atoms with Crippen LogP contribution in [-0.2, 0) is 28.2 Å². The smallest absolute Gasteiger partial charge is 0.343 e. The van der Waals surface area contributed by atoms with Gasteiger partial charge in [0.25, 0.3) is 5.82 Å². The van der Waals surface area contributed by atoms with E-state index in [-0.39, 0.29) is 12.5 Å². The second-order valence-corrected chi connectivity index (χ2v) is 10.1. The molecule has 0 bridgehead atoms. The van der Waals surface area contributed by atoms with Crippen molar-refractivity contribution in [1.82, 2.24) is 4.57 Å². The number of imidazole rings is 1. The number of aliphatic hydroxyl groups is 1. The van der Waals surface area contributed by atoms with Crippen LogP contribution in [0.3, 0.4) is 0 Å². The minimum atomic E-state index is -1.60. The van der Waals surface area contributed by atoms with Gasteiger partial charge in [-0.25, -0.2) is 13.9 Å². The molecule has 5 heteroatoms. The summed E-state index contributed by atoms with van der Waals surface area (Å²) in [6.07, 6.45) is 10.2. The van der Waals surface area contributed by atoms with Crippen molar-refractivity contribution in [2.75, 3.05) is 6.61 Å². The maximum absolute atomic E-state index is 13.4. The Labute approximate surface area is 209 Å². The van der Waals surface area contributed by atoms with Crippen LogP contribution in [-0.4, -0.2) is 22.2 Å². The summed E-state index contributed by atoms with van der Waals surface area (Å²) in [5.74, 6) is 0.861. The molecule has 1 unspecified atom stereocenters. The molecule has 1 aliphatic carbocycles. The fourth-order valence-electron chi connectivity index (χ4n) is 5.50. The van der Waals surface area contributed by atoms with E-state index in [2.05, 4.69) is 59.6 Å². The van der Waals surface area contributed by atoms with Gasteiger partial charge in [0.1, 0.15) is 32.1 Å². The van der Waals surface area contributed by atoms with E-state index in [1.54, 1.807) is 0 Å². The molecule has 0 amide bonds. The Morgan fingerprint density at radius 3 is 2.29 bits per heavy atom. The number of esters is 1. The van der Waals surface area contributed by atoms with Gasteiger partial charge in [0, 0.05) is 5.92 Å². The van der Waals surface area contributed by atoms with Crippen molar-refractivity contribution in [3.05, 3.63) is 90.0 Å². The van der Waals surface area contributed by atoms with E-state index < -0.39 is 11.6 Å². The predicted octanol–water partition coefficient (Wildman–Crippen LogP) is 5.35. The van der Waals surface area contributed by atoms with Crippen molar-refractivity contribution in [2.24, 2.45) is 5.92 Å². The Bertz CT molecular complexity index is 1070. The Morgan fingerprint density at radius 1 is 1.03 bits per heavy atom. The van der Waals surface area contributed by atoms with E-state index in [0.717, 1.165) is 45.1 Å². The average molecular weight is 476 g/mol. The van der Waals surface area contributed by atoms with Crippen LogP contribution in [0.25, 0.3) is 0 Å². The van der Waals surface area contributed by atoms with E-state index in [0.29, 0.717) is 18.0 Å². The van der Waals surface area contributed by atoms with Gasteiger partial charge in [-0.3, -0.25) is 0 Å². The molecule has 186 valence electrons. The molecule has 1 heterocycles. The van der Waals surface area contributed by atoms with Crippen LogP contribution in [0, 0.1) is 5.92 Å². The molecule has 0 aliphatic heterocycles. The number of hydrogen-bond donors (Lipinski definition) is 1. The molecule has 5 nitrogen and oxygen atoms in total. The molecule has 4 rings (SSSR count). The highest BCUT2D eigenvalue weighted by Gasteiger charge is 2.46. The second-order valence-electron chi connectivity index (χ2n) is 10.1. The standard InChI is InChI=1S/C30H39N2O3/c1-24(2)28-31(19-20-32(28)23-25-13-7-5-8-14-25)21-22-35-29(33)30(34,27-17-11-6-12-18-27)26-15-9-3-4-10-16-26/h5-8,11-14,17-20,24,26,34H,3-4,9-10,15-16,21-23H2,1-2H3/q+1. The lowest BCUT2D eigenvalue weighted by Crippen LogP contribution is -2.44. The van der Waals surface area contributed by atoms with E-state index in [1.807, 2.05) is 36.4 Å². The third-order valence-corrected chi connectivity index (χ3v) is 7.26. The first-order chi connectivity index (χ1) is 17.0. The maximum atomic E-state index is 13.4. The first-order valence-electron chi connectivity index (χ1n) is 13.1. The van der Waals surface area contributed by atoms with Crippen LogP contribution >= 0.6 is 0 Å². The van der Waals surface area contributed by atoms with Crippen molar-refractivity contribution in [3.63, 3.8) is 0 Å². The number of carbonyl (C=O) groups excluding carboxylic acids is 1. The zero-order chi connectivity index (χ0) is 24.7. The number of carbonyl (C=O) groups is 1. The highest BCUT2D eigenvalue weighted by atomic mass is 16.5. The maximum Gasteiger partial charge on any atom is 0.343 e. The molecule has 3 aromatic rings. The zero-order valence-electron chi connectivity index (χ0n) is 21.1. The summed E-state index contributed by atoms with van der Waals surface area (Å²) in [4.78, 5) is 13.4. The number of hydrogen-bond acceptors (Lipinski definition) is 3. The molecule has 0 saturated heterocycles. The first kappa shape index (κ1) is 25.2. The fraction of sp³-hybridized carbons (Fsp3) is 0.467. The van der Waals surface area contributed by atoms with Crippen molar-refractivity contribution in [3.8, 4) is 0 Å². The molecule has 1 atom stereocenters. The minimum absolute atomic E-state index is 0.120. The van der Waals surface area contributed by atoms with Gasteiger partial charge in [-0.2, -0.15) is 0 Å². The van der Waals surface area contributed by atoms with Gasteiger partial charge in [0.15, 0.2) is 5.60 Å². The molecule has 1 fully saturated rings. The zero-order valence-corrected chi connectivity index (χ0v) is 21.1. The number of rotatable bonds is 9. The summed E-state index contributed by atoms with van der Waals surface area (Å²) in [5, 5.41) is 11.8. The predicted molar refractivity (Wildman–Crippen MR) is 137 cm³/mol. The molecular weight excluding hydrogens is 436 g/mol. The SMILES string of the molecule is CC(C)c1n(CCOC(=O)C(O)(c2ccccc2)C2CCCCCC2)cc[n+]1Cc1ccccc1. The monoisotopic (exact) mass is 475 g/mol. The fourth-order valence-corrected chi connectivity index (χ4v) is 5.50. The molecule has 0 radical (unpaired) electrons. The summed E-state index contributed by atoms with van der Waals surface area (Å²) in [6.45, 7) is 5.94. The molecular formula is C30H39N2O3+. The van der Waals surface area contributed by atoms with E-state index in [9.17, 15) is 9.90 Å². The summed E-state index contributed by atoms with van der Waals surface area (Å²) in [6, 6.07) is 19.8. The summed E-state index contributed by atoms with van der Waals surface area (Å²) >= 11 is 0. The van der Waals surface area contributed by atoms with Gasteiger partial charge in [-0.15, -0.1) is 0 Å². The minimum Gasteiger partial charge on any atom is -0.459 e. The van der Waals surface area contributed by atoms with Gasteiger partial charge in [0.05, 0.1) is 5.92 Å². The van der Waals surface area contributed by atoms with Crippen molar-refractivity contribution >= 4 is 5.97 Å². The van der Waals surface area contributed by atoms with Crippen LogP contribution in [0.15, 0.2) is 73.1 Å². The van der Waals surface area contributed by atoms with Crippen LogP contribution in [0.5, 0.6) is 0 Å². The summed E-state index contributed by atoms with van der Waals surface area (Å²) in [7, 11) is 0. The highest BCUT2D eigenvalue weighted by molar-refractivity contribution is 5.81. The lowest BCUT2D eigenvalue weighted by Gasteiger charge is -2.34. The second kappa shape index (κ2) is 11.7. The van der Waals surface area contributed by atoms with Crippen LogP contribution in [0.4, 0.5) is 0 Å². The Balaban J connectivity index is 1.48. The quantitative estimate of drug-likeness (QED) is 0.258. The van der Waals surface area contributed by atoms with Crippen LogP contribution < -0.4 is 4.57 Å². The Morgan fingerprint density at radius 2 is 1.66 bits per heavy atom. The van der Waals surface area contributed by atoms with Gasteiger partial charge in [-0.05, 0) is 24.0 Å². The average Bonchev–Trinajstić information content (AvgIpc) is 3.07. The third kappa shape index (κ3) is 5.84. The highest BCUT2D eigenvalue weighted by Crippen LogP contribution is 2.39. The molecule has 35 heavy (non-hydrogen) atoms. The largest absolute Gasteiger partial charge is 0.459 e. The number of aromatic nitrogens is 2. The Hall–Kier alpha value is -2.92. The molecule has 1 aromatic heterocycles. The third-order valence-electron chi connectivity index (χ3n) is 7.26. The van der Waals surface area contributed by atoms with E-state index in [4.69, 9.17) is 4.74 Å². The normalized spacial score (nSPS) is 16.6. The topological polar surface area (TPSA) is 55.3 Å². The lowest BCUT2D eigenvalue weighted by atomic mass is 9.77. The molecule has 1 aliphatic rings. The van der Waals surface area contributed by atoms with Gasteiger partial charge >= 0.3 is 5.97 Å². The lowest BCUT2D eigenvalue weighted by molar-refractivity contribution is -0.696. The number of ether oxygens (including phenoxy) is 1. The number of nitrogens with zero attached hydrogens (tertiary/aromatic N) is 2. The van der Waals surface area contributed by atoms with E-state index >= 15 is 0 Å². The van der Waals surface area contributed by atoms with Crippen molar-refractivity contribution in [1.29, 1.82) is 0 Å². The molecule has 2 aromatic carbocycles.